The molecule has 0 radical (unpaired) electrons. The van der Waals surface area contributed by atoms with Gasteiger partial charge in [-0.2, -0.15) is 5.10 Å². The normalized spacial score (nSPS) is 10.8. The van der Waals surface area contributed by atoms with Gasteiger partial charge in [0.15, 0.2) is 5.69 Å². The zero-order valence-electron chi connectivity index (χ0n) is 19.5. The molecule has 5 rings (SSSR count). The predicted octanol–water partition coefficient (Wildman–Crippen LogP) is 4.12. The Morgan fingerprint density at radius 1 is 0.974 bits per heavy atom. The third-order valence-corrected chi connectivity index (χ3v) is 6.06. The SMILES string of the molecule is Nc1cccc(-c2cc(C(=O)Nc3cc(C(=O)NCc4cnn[nH]4)nn3-c3ccccc3)c(Cl)cc2Cl)n1. The second-order valence-corrected chi connectivity index (χ2v) is 8.85. The molecule has 5 aromatic rings. The molecule has 0 bridgehead atoms. The summed E-state index contributed by atoms with van der Waals surface area (Å²) in [6.07, 6.45) is 1.50. The number of nitrogens with zero attached hydrogens (tertiary/aromatic N) is 5. The number of benzene rings is 2. The van der Waals surface area contributed by atoms with Crippen LogP contribution < -0.4 is 16.4 Å². The molecular weight excluding hydrogens is 529 g/mol. The van der Waals surface area contributed by atoms with Gasteiger partial charge in [-0.05, 0) is 36.4 Å². The molecule has 2 aromatic carbocycles. The molecule has 0 unspecified atom stereocenters. The highest BCUT2D eigenvalue weighted by Gasteiger charge is 2.21. The Morgan fingerprint density at radius 2 is 1.79 bits per heavy atom. The Bertz CT molecular complexity index is 1620. The van der Waals surface area contributed by atoms with Crippen molar-refractivity contribution < 1.29 is 9.59 Å². The van der Waals surface area contributed by atoms with Crippen LogP contribution in [0.5, 0.6) is 0 Å². The van der Waals surface area contributed by atoms with Crippen LogP contribution in [0.1, 0.15) is 26.5 Å². The van der Waals surface area contributed by atoms with Crippen molar-refractivity contribution in [1.29, 1.82) is 0 Å². The van der Waals surface area contributed by atoms with Gasteiger partial charge in [0.2, 0.25) is 0 Å². The van der Waals surface area contributed by atoms with Gasteiger partial charge in [0.25, 0.3) is 11.8 Å². The number of pyridine rings is 1. The molecule has 0 saturated carbocycles. The van der Waals surface area contributed by atoms with E-state index in [2.05, 4.69) is 36.1 Å². The molecule has 0 aliphatic rings. The molecule has 0 aliphatic carbocycles. The number of halogens is 2. The minimum atomic E-state index is -0.538. The molecule has 38 heavy (non-hydrogen) atoms. The van der Waals surface area contributed by atoms with E-state index in [1.54, 1.807) is 30.3 Å². The Kier molecular flexibility index (Phi) is 7.03. The Labute approximate surface area is 226 Å². The van der Waals surface area contributed by atoms with Crippen molar-refractivity contribution in [3.05, 3.63) is 99.9 Å². The number of nitrogen functional groups attached to an aromatic ring is 1. The smallest absolute Gasteiger partial charge is 0.272 e. The van der Waals surface area contributed by atoms with Gasteiger partial charge in [-0.25, -0.2) is 9.67 Å². The first-order valence-electron chi connectivity index (χ1n) is 11.2. The Morgan fingerprint density at radius 3 is 2.53 bits per heavy atom. The van der Waals surface area contributed by atoms with E-state index in [0.717, 1.165) is 0 Å². The molecular formula is C25H19Cl2N9O2. The summed E-state index contributed by atoms with van der Waals surface area (Å²) in [6.45, 7) is 0.174. The summed E-state index contributed by atoms with van der Waals surface area (Å²) in [6, 6.07) is 18.6. The molecule has 3 aromatic heterocycles. The zero-order chi connectivity index (χ0) is 26.6. The number of nitrogens with one attached hydrogen (secondary N) is 3. The number of anilines is 2. The number of rotatable bonds is 7. The van der Waals surface area contributed by atoms with Crippen molar-refractivity contribution in [1.82, 2.24) is 35.5 Å². The first kappa shape index (κ1) is 24.9. The van der Waals surface area contributed by atoms with Crippen molar-refractivity contribution >= 4 is 46.7 Å². The van der Waals surface area contributed by atoms with E-state index >= 15 is 0 Å². The standard InChI is InChI=1S/C25H19Cl2N9O2/c26-18-10-19(27)17(9-16(18)20-7-4-8-22(28)31-20)24(37)32-23-11-21(25(38)29-12-14-13-30-35-33-14)34-36(23)15-5-2-1-3-6-15/h1-11,13H,12H2,(H2,28,31)(H,29,38)(H,32,37)(H,30,33,35). The summed E-state index contributed by atoms with van der Waals surface area (Å²) in [4.78, 5) is 30.5. The minimum absolute atomic E-state index is 0.0866. The predicted molar refractivity (Wildman–Crippen MR) is 143 cm³/mol. The molecule has 2 amide bonds. The minimum Gasteiger partial charge on any atom is -0.384 e. The van der Waals surface area contributed by atoms with Crippen LogP contribution in [0.15, 0.2) is 72.9 Å². The highest BCUT2D eigenvalue weighted by atomic mass is 35.5. The second-order valence-electron chi connectivity index (χ2n) is 8.04. The quantitative estimate of drug-likeness (QED) is 0.238. The molecule has 3 heterocycles. The fraction of sp³-hybridized carbons (Fsp3) is 0.0400. The Hall–Kier alpha value is -4.74. The highest BCUT2D eigenvalue weighted by molar-refractivity contribution is 6.38. The first-order valence-corrected chi connectivity index (χ1v) is 12.0. The summed E-state index contributed by atoms with van der Waals surface area (Å²) in [5.74, 6) is -0.432. The fourth-order valence-electron chi connectivity index (χ4n) is 3.62. The maximum Gasteiger partial charge on any atom is 0.272 e. The van der Waals surface area contributed by atoms with Gasteiger partial charge in [0, 0.05) is 11.6 Å². The number of carbonyl (C=O) groups is 2. The van der Waals surface area contributed by atoms with Crippen molar-refractivity contribution in [2.45, 2.75) is 6.54 Å². The lowest BCUT2D eigenvalue weighted by Gasteiger charge is -2.12. The van der Waals surface area contributed by atoms with Crippen LogP contribution in [-0.2, 0) is 6.54 Å². The van der Waals surface area contributed by atoms with E-state index in [4.69, 9.17) is 28.9 Å². The van der Waals surface area contributed by atoms with E-state index in [-0.39, 0.29) is 28.6 Å². The molecule has 5 N–H and O–H groups in total. The third-order valence-electron chi connectivity index (χ3n) is 5.44. The second kappa shape index (κ2) is 10.7. The third kappa shape index (κ3) is 5.33. The summed E-state index contributed by atoms with van der Waals surface area (Å²) in [5.41, 5.74) is 8.27. The number of aromatic nitrogens is 6. The molecule has 13 heteroatoms. The lowest BCUT2D eigenvalue weighted by molar-refractivity contribution is 0.0944. The number of carbonyl (C=O) groups excluding carboxylic acids is 2. The number of hydrogen-bond donors (Lipinski definition) is 4. The Balaban J connectivity index is 1.46. The van der Waals surface area contributed by atoms with Crippen LogP contribution in [-0.4, -0.2) is 42.0 Å². The van der Waals surface area contributed by atoms with Crippen LogP contribution in [0, 0.1) is 0 Å². The molecule has 0 saturated heterocycles. The van der Waals surface area contributed by atoms with Gasteiger partial charge in [-0.15, -0.1) is 5.10 Å². The first-order chi connectivity index (χ1) is 18.4. The maximum atomic E-state index is 13.4. The number of hydrogen-bond acceptors (Lipinski definition) is 7. The van der Waals surface area contributed by atoms with Crippen molar-refractivity contribution in [3.8, 4) is 16.9 Å². The number of H-pyrrole nitrogens is 1. The van der Waals surface area contributed by atoms with Crippen LogP contribution in [0.25, 0.3) is 16.9 Å². The lowest BCUT2D eigenvalue weighted by atomic mass is 10.1. The number of aromatic amines is 1. The van der Waals surface area contributed by atoms with Crippen molar-refractivity contribution in [2.24, 2.45) is 0 Å². The maximum absolute atomic E-state index is 13.4. The summed E-state index contributed by atoms with van der Waals surface area (Å²) in [5, 5.41) is 20.4. The van der Waals surface area contributed by atoms with E-state index in [9.17, 15) is 9.59 Å². The molecule has 0 fully saturated rings. The van der Waals surface area contributed by atoms with Crippen LogP contribution in [0.3, 0.4) is 0 Å². The number of amides is 2. The molecule has 190 valence electrons. The van der Waals surface area contributed by atoms with E-state index in [0.29, 0.717) is 33.5 Å². The van der Waals surface area contributed by atoms with Crippen LogP contribution in [0.2, 0.25) is 10.0 Å². The van der Waals surface area contributed by atoms with Gasteiger partial charge in [0.05, 0.1) is 45.4 Å². The molecule has 0 atom stereocenters. The van der Waals surface area contributed by atoms with E-state index < -0.39 is 11.8 Å². The average Bonchev–Trinajstić information content (AvgIpc) is 3.58. The molecule has 11 nitrogen and oxygen atoms in total. The summed E-state index contributed by atoms with van der Waals surface area (Å²) >= 11 is 12.8. The molecule has 0 spiro atoms. The van der Waals surface area contributed by atoms with E-state index in [1.807, 2.05) is 18.2 Å². The van der Waals surface area contributed by atoms with Gasteiger partial charge in [0.1, 0.15) is 11.6 Å². The largest absolute Gasteiger partial charge is 0.384 e. The summed E-state index contributed by atoms with van der Waals surface area (Å²) in [7, 11) is 0. The summed E-state index contributed by atoms with van der Waals surface area (Å²) < 4.78 is 1.45. The number of para-hydroxylation sites is 1. The fourth-order valence-corrected chi connectivity index (χ4v) is 4.19. The van der Waals surface area contributed by atoms with E-state index in [1.165, 1.54) is 29.1 Å². The zero-order valence-corrected chi connectivity index (χ0v) is 21.0. The highest BCUT2D eigenvalue weighted by Crippen LogP contribution is 2.33. The van der Waals surface area contributed by atoms with Crippen molar-refractivity contribution in [2.75, 3.05) is 11.1 Å². The lowest BCUT2D eigenvalue weighted by Crippen LogP contribution is -2.23. The van der Waals surface area contributed by atoms with Crippen LogP contribution in [0.4, 0.5) is 11.6 Å². The van der Waals surface area contributed by atoms with Gasteiger partial charge in [-0.3, -0.25) is 14.7 Å². The van der Waals surface area contributed by atoms with Gasteiger partial charge < -0.3 is 16.4 Å². The van der Waals surface area contributed by atoms with Crippen molar-refractivity contribution in [3.63, 3.8) is 0 Å². The van der Waals surface area contributed by atoms with Gasteiger partial charge in [-0.1, -0.05) is 52.7 Å². The monoisotopic (exact) mass is 547 g/mol. The average molecular weight is 548 g/mol. The topological polar surface area (TPSA) is 156 Å². The number of nitrogens with two attached hydrogens (primary N) is 1. The molecule has 0 aliphatic heterocycles. The van der Waals surface area contributed by atoms with Crippen LogP contribution >= 0.6 is 23.2 Å². The van der Waals surface area contributed by atoms with Gasteiger partial charge >= 0.3 is 0 Å².